The summed E-state index contributed by atoms with van der Waals surface area (Å²) in [5.41, 5.74) is 1.88. The van der Waals surface area contributed by atoms with Gasteiger partial charge < -0.3 is 5.32 Å². The van der Waals surface area contributed by atoms with E-state index in [1.807, 2.05) is 18.3 Å². The van der Waals surface area contributed by atoms with Crippen LogP contribution in [0.25, 0.3) is 0 Å². The van der Waals surface area contributed by atoms with Crippen LogP contribution >= 0.6 is 28.3 Å². The number of hydrogen-bond donors (Lipinski definition) is 1. The molecule has 0 radical (unpaired) electrons. The number of hydrogen-bond acceptors (Lipinski definition) is 3. The van der Waals surface area contributed by atoms with Gasteiger partial charge in [-0.3, -0.25) is 9.88 Å². The monoisotopic (exact) mass is 385 g/mol. The molecular formula is C16H18BrClFN3. The third-order valence-electron chi connectivity index (χ3n) is 3.85. The van der Waals surface area contributed by atoms with Crippen molar-refractivity contribution in [3.63, 3.8) is 0 Å². The van der Waals surface area contributed by atoms with Gasteiger partial charge in [0.25, 0.3) is 0 Å². The van der Waals surface area contributed by atoms with Gasteiger partial charge in [-0.2, -0.15) is 0 Å². The minimum atomic E-state index is -0.159. The molecular weight excluding hydrogens is 369 g/mol. The lowest BCUT2D eigenvalue weighted by molar-refractivity contribution is 0.151. The fraction of sp³-hybridized carbons (Fsp3) is 0.312. The zero-order valence-corrected chi connectivity index (χ0v) is 14.4. The molecule has 22 heavy (non-hydrogen) atoms. The van der Waals surface area contributed by atoms with Crippen LogP contribution in [-0.4, -0.2) is 29.5 Å². The van der Waals surface area contributed by atoms with Gasteiger partial charge in [0.1, 0.15) is 5.82 Å². The van der Waals surface area contributed by atoms with Gasteiger partial charge in [-0.1, -0.05) is 28.1 Å². The third kappa shape index (κ3) is 3.84. The Balaban J connectivity index is 0.00000176. The van der Waals surface area contributed by atoms with Gasteiger partial charge in [0.15, 0.2) is 0 Å². The van der Waals surface area contributed by atoms with E-state index < -0.39 is 0 Å². The predicted octanol–water partition coefficient (Wildman–Crippen LogP) is 3.55. The average molecular weight is 387 g/mol. The van der Waals surface area contributed by atoms with Crippen molar-refractivity contribution in [2.45, 2.75) is 12.6 Å². The van der Waals surface area contributed by atoms with Gasteiger partial charge in [0, 0.05) is 54.7 Å². The van der Waals surface area contributed by atoms with E-state index in [4.69, 9.17) is 0 Å². The number of aromatic nitrogens is 1. The molecule has 1 aromatic carbocycles. The van der Waals surface area contributed by atoms with Crippen molar-refractivity contribution >= 4 is 28.3 Å². The molecule has 2 heterocycles. The van der Waals surface area contributed by atoms with Crippen molar-refractivity contribution < 1.29 is 4.39 Å². The normalized spacial score (nSPS) is 18.7. The minimum Gasteiger partial charge on any atom is -0.314 e. The van der Waals surface area contributed by atoms with E-state index >= 15 is 0 Å². The van der Waals surface area contributed by atoms with Crippen LogP contribution in [0.5, 0.6) is 0 Å². The van der Waals surface area contributed by atoms with Crippen molar-refractivity contribution in [1.82, 2.24) is 15.2 Å². The van der Waals surface area contributed by atoms with E-state index in [1.165, 1.54) is 6.07 Å². The largest absolute Gasteiger partial charge is 0.314 e. The Morgan fingerprint density at radius 2 is 2.18 bits per heavy atom. The second-order valence-corrected chi connectivity index (χ2v) is 6.03. The van der Waals surface area contributed by atoms with Crippen molar-refractivity contribution in [2.24, 2.45) is 0 Å². The summed E-state index contributed by atoms with van der Waals surface area (Å²) in [6, 6.07) is 9.37. The lowest BCUT2D eigenvalue weighted by Gasteiger charge is -2.36. The van der Waals surface area contributed by atoms with Gasteiger partial charge in [0.05, 0.1) is 0 Å². The van der Waals surface area contributed by atoms with Crippen LogP contribution in [0.4, 0.5) is 4.39 Å². The summed E-state index contributed by atoms with van der Waals surface area (Å²) in [5, 5.41) is 3.40. The van der Waals surface area contributed by atoms with Gasteiger partial charge >= 0.3 is 0 Å². The van der Waals surface area contributed by atoms with Crippen molar-refractivity contribution in [3.8, 4) is 0 Å². The van der Waals surface area contributed by atoms with Crippen LogP contribution in [0.2, 0.25) is 0 Å². The molecule has 1 unspecified atom stereocenters. The Bertz CT molecular complexity index is 591. The van der Waals surface area contributed by atoms with E-state index in [0.717, 1.165) is 29.7 Å². The molecule has 3 nitrogen and oxygen atoms in total. The molecule has 118 valence electrons. The Morgan fingerprint density at radius 1 is 1.32 bits per heavy atom. The molecule has 2 aromatic rings. The second-order valence-electron chi connectivity index (χ2n) is 5.18. The second kappa shape index (κ2) is 8.02. The van der Waals surface area contributed by atoms with Crippen LogP contribution in [0.1, 0.15) is 17.2 Å². The van der Waals surface area contributed by atoms with Crippen LogP contribution < -0.4 is 5.32 Å². The lowest BCUT2D eigenvalue weighted by Crippen LogP contribution is -2.45. The SMILES string of the molecule is Cl.Fc1cccc(Br)c1CN1CCNCC1c1cccnc1. The molecule has 0 saturated carbocycles. The number of rotatable bonds is 3. The molecule has 1 atom stereocenters. The fourth-order valence-electron chi connectivity index (χ4n) is 2.72. The minimum absolute atomic E-state index is 0. The average Bonchev–Trinajstić information content (AvgIpc) is 2.52. The summed E-state index contributed by atoms with van der Waals surface area (Å²) in [6.07, 6.45) is 3.67. The highest BCUT2D eigenvalue weighted by Gasteiger charge is 2.25. The van der Waals surface area contributed by atoms with Crippen LogP contribution in [0, 0.1) is 5.82 Å². The molecule has 1 fully saturated rings. The maximum absolute atomic E-state index is 14.1. The quantitative estimate of drug-likeness (QED) is 0.874. The molecule has 0 aliphatic carbocycles. The molecule has 0 spiro atoms. The van der Waals surface area contributed by atoms with E-state index in [1.54, 1.807) is 12.3 Å². The van der Waals surface area contributed by atoms with Gasteiger partial charge in [-0.15, -0.1) is 12.4 Å². The van der Waals surface area contributed by atoms with E-state index in [2.05, 4.69) is 37.2 Å². The maximum Gasteiger partial charge on any atom is 0.128 e. The standard InChI is InChI=1S/C16H17BrFN3.ClH/c17-14-4-1-5-15(18)13(14)11-21-8-7-20-10-16(21)12-3-2-6-19-9-12;/h1-6,9,16,20H,7-8,10-11H2;1H. The van der Waals surface area contributed by atoms with Crippen molar-refractivity contribution in [2.75, 3.05) is 19.6 Å². The Labute approximate surface area is 144 Å². The summed E-state index contributed by atoms with van der Waals surface area (Å²) < 4.78 is 14.9. The van der Waals surface area contributed by atoms with Crippen molar-refractivity contribution in [1.29, 1.82) is 0 Å². The van der Waals surface area contributed by atoms with Gasteiger partial charge in [-0.05, 0) is 23.8 Å². The molecule has 1 N–H and O–H groups in total. The summed E-state index contributed by atoms with van der Waals surface area (Å²) in [7, 11) is 0. The van der Waals surface area contributed by atoms with Crippen LogP contribution in [0.15, 0.2) is 47.2 Å². The topological polar surface area (TPSA) is 28.2 Å². The zero-order chi connectivity index (χ0) is 14.7. The molecule has 0 bridgehead atoms. The first kappa shape index (κ1) is 17.3. The molecule has 1 aliphatic rings. The Kier molecular flexibility index (Phi) is 6.32. The fourth-order valence-corrected chi connectivity index (χ4v) is 3.19. The molecule has 1 aromatic heterocycles. The van der Waals surface area contributed by atoms with Gasteiger partial charge in [-0.25, -0.2) is 4.39 Å². The zero-order valence-electron chi connectivity index (χ0n) is 12.0. The first-order valence-corrected chi connectivity index (χ1v) is 7.82. The number of nitrogens with zero attached hydrogens (tertiary/aromatic N) is 2. The summed E-state index contributed by atoms with van der Waals surface area (Å²) in [5.74, 6) is -0.159. The van der Waals surface area contributed by atoms with Gasteiger partial charge in [0.2, 0.25) is 0 Å². The summed E-state index contributed by atoms with van der Waals surface area (Å²) in [4.78, 5) is 6.50. The van der Waals surface area contributed by atoms with E-state index in [9.17, 15) is 4.39 Å². The number of nitrogens with one attached hydrogen (secondary N) is 1. The lowest BCUT2D eigenvalue weighted by atomic mass is 10.0. The number of halogens is 3. The van der Waals surface area contributed by atoms with Crippen LogP contribution in [-0.2, 0) is 6.54 Å². The number of piperazine rings is 1. The summed E-state index contributed by atoms with van der Waals surface area (Å²) >= 11 is 3.46. The molecule has 0 amide bonds. The first-order valence-electron chi connectivity index (χ1n) is 7.03. The highest BCUT2D eigenvalue weighted by atomic mass is 79.9. The third-order valence-corrected chi connectivity index (χ3v) is 4.59. The Hall–Kier alpha value is -1.01. The molecule has 6 heteroatoms. The van der Waals surface area contributed by atoms with E-state index in [0.29, 0.717) is 12.1 Å². The molecule has 1 saturated heterocycles. The highest BCUT2D eigenvalue weighted by molar-refractivity contribution is 9.10. The van der Waals surface area contributed by atoms with Crippen LogP contribution in [0.3, 0.4) is 0 Å². The predicted molar refractivity (Wildman–Crippen MR) is 91.6 cm³/mol. The molecule has 3 rings (SSSR count). The first-order chi connectivity index (χ1) is 10.3. The van der Waals surface area contributed by atoms with Crippen molar-refractivity contribution in [3.05, 3.63) is 64.1 Å². The summed E-state index contributed by atoms with van der Waals surface area (Å²) in [6.45, 7) is 3.26. The molecule has 1 aliphatic heterocycles. The Morgan fingerprint density at radius 3 is 2.91 bits per heavy atom. The maximum atomic E-state index is 14.1. The smallest absolute Gasteiger partial charge is 0.128 e. The van der Waals surface area contributed by atoms with E-state index in [-0.39, 0.29) is 24.3 Å². The number of pyridine rings is 1. The highest BCUT2D eigenvalue weighted by Crippen LogP contribution is 2.27. The number of benzene rings is 1.